The lowest BCUT2D eigenvalue weighted by molar-refractivity contribution is -0.120. The molecular formula is C12H12O3. The molecule has 0 aromatic heterocycles. The Morgan fingerprint density at radius 1 is 1.33 bits per heavy atom. The molecule has 78 valence electrons. The quantitative estimate of drug-likeness (QED) is 0.653. The Morgan fingerprint density at radius 3 is 2.67 bits per heavy atom. The number of hydrogen-bond acceptors (Lipinski definition) is 3. The molecule has 0 aliphatic heterocycles. The van der Waals surface area contributed by atoms with E-state index in [0.29, 0.717) is 0 Å². The molecule has 2 aliphatic rings. The normalized spacial score (nSPS) is 34.7. The average molecular weight is 204 g/mol. The highest BCUT2D eigenvalue weighted by Crippen LogP contribution is 2.43. The third kappa shape index (κ3) is 1.27. The number of rotatable bonds is 0. The number of carbonyl (C=O) groups is 2. The molecule has 3 nitrogen and oxygen atoms in total. The van der Waals surface area contributed by atoms with Crippen LogP contribution in [0, 0.1) is 11.3 Å². The van der Waals surface area contributed by atoms with E-state index in [4.69, 9.17) is 0 Å². The van der Waals surface area contributed by atoms with Gasteiger partial charge in [-0.2, -0.15) is 0 Å². The van der Waals surface area contributed by atoms with Gasteiger partial charge in [-0.05, 0) is 23.8 Å². The topological polar surface area (TPSA) is 54.4 Å². The van der Waals surface area contributed by atoms with Crippen molar-refractivity contribution in [3.8, 4) is 0 Å². The molecule has 15 heavy (non-hydrogen) atoms. The van der Waals surface area contributed by atoms with Crippen LogP contribution in [0.1, 0.15) is 13.8 Å². The molecule has 0 amide bonds. The fraction of sp³-hybridized carbons (Fsp3) is 0.333. The zero-order chi connectivity index (χ0) is 11.2. The van der Waals surface area contributed by atoms with Gasteiger partial charge in [0.2, 0.25) is 5.78 Å². The van der Waals surface area contributed by atoms with Crippen molar-refractivity contribution in [1.29, 1.82) is 0 Å². The summed E-state index contributed by atoms with van der Waals surface area (Å²) in [6.45, 7) is 3.66. The Balaban J connectivity index is 2.59. The van der Waals surface area contributed by atoms with Gasteiger partial charge >= 0.3 is 0 Å². The van der Waals surface area contributed by atoms with E-state index in [2.05, 4.69) is 0 Å². The van der Waals surface area contributed by atoms with E-state index >= 15 is 0 Å². The number of carbonyl (C=O) groups excluding carboxylic acids is 2. The fourth-order valence-corrected chi connectivity index (χ4v) is 2.02. The van der Waals surface area contributed by atoms with E-state index in [1.165, 1.54) is 18.2 Å². The van der Waals surface area contributed by atoms with E-state index in [9.17, 15) is 14.7 Å². The highest BCUT2D eigenvalue weighted by molar-refractivity contribution is 6.06. The number of hydrogen-bond donors (Lipinski definition) is 1. The minimum atomic E-state index is -0.552. The molecule has 0 saturated carbocycles. The zero-order valence-corrected chi connectivity index (χ0v) is 8.65. The third-order valence-corrected chi connectivity index (χ3v) is 3.35. The predicted octanol–water partition coefficient (Wildman–Crippen LogP) is 1.72. The summed E-state index contributed by atoms with van der Waals surface area (Å²) in [5.74, 6) is -0.887. The maximum absolute atomic E-state index is 11.5. The van der Waals surface area contributed by atoms with Gasteiger partial charge in [0, 0.05) is 11.3 Å². The summed E-state index contributed by atoms with van der Waals surface area (Å²) in [7, 11) is 0. The van der Waals surface area contributed by atoms with Crippen molar-refractivity contribution in [2.45, 2.75) is 13.8 Å². The van der Waals surface area contributed by atoms with E-state index in [1.54, 1.807) is 13.0 Å². The number of ketones is 2. The van der Waals surface area contributed by atoms with Crippen LogP contribution in [0.25, 0.3) is 0 Å². The summed E-state index contributed by atoms with van der Waals surface area (Å²) in [5, 5.41) is 9.42. The van der Waals surface area contributed by atoms with Gasteiger partial charge in [-0.15, -0.1) is 0 Å². The van der Waals surface area contributed by atoms with Crippen LogP contribution in [0.5, 0.6) is 0 Å². The second-order valence-electron chi connectivity index (χ2n) is 4.23. The van der Waals surface area contributed by atoms with Gasteiger partial charge < -0.3 is 5.11 Å². The minimum absolute atomic E-state index is 0.0213. The van der Waals surface area contributed by atoms with Crippen LogP contribution in [0.4, 0.5) is 0 Å². The highest BCUT2D eigenvalue weighted by atomic mass is 16.3. The first-order valence-electron chi connectivity index (χ1n) is 4.85. The molecule has 0 aromatic rings. The molecule has 2 rings (SSSR count). The molecule has 1 N–H and O–H groups in total. The van der Waals surface area contributed by atoms with E-state index in [1.807, 2.05) is 6.92 Å². The molecular weight excluding hydrogens is 192 g/mol. The van der Waals surface area contributed by atoms with Gasteiger partial charge in [-0.25, -0.2) is 0 Å². The fourth-order valence-electron chi connectivity index (χ4n) is 2.02. The maximum Gasteiger partial charge on any atom is 0.220 e. The standard InChI is InChI=1S/C12H12O3/c1-7-9(13)4-3-8-5-10(14)11(15)6-12(7,8)2/h3-7,15H,1-2H3/t7-,12-/m1/s1. The minimum Gasteiger partial charge on any atom is -0.504 e. The van der Waals surface area contributed by atoms with Gasteiger partial charge in [0.25, 0.3) is 0 Å². The summed E-state index contributed by atoms with van der Waals surface area (Å²) in [5.41, 5.74) is 0.238. The molecule has 2 aliphatic carbocycles. The number of allylic oxidation sites excluding steroid dienone is 5. The SMILES string of the molecule is C[C@@H]1C(=O)C=CC2=CC(=O)C(O)=C[C@@]21C. The zero-order valence-electron chi connectivity index (χ0n) is 8.65. The molecule has 0 fully saturated rings. The molecule has 2 atom stereocenters. The van der Waals surface area contributed by atoms with E-state index < -0.39 is 11.2 Å². The van der Waals surface area contributed by atoms with E-state index in [-0.39, 0.29) is 17.5 Å². The lowest BCUT2D eigenvalue weighted by atomic mass is 9.65. The summed E-state index contributed by atoms with van der Waals surface area (Å²) >= 11 is 0. The van der Waals surface area contributed by atoms with Crippen molar-refractivity contribution in [2.24, 2.45) is 11.3 Å². The predicted molar refractivity (Wildman–Crippen MR) is 55.2 cm³/mol. The number of aliphatic hydroxyl groups excluding tert-OH is 1. The Labute approximate surface area is 87.8 Å². The van der Waals surface area contributed by atoms with Gasteiger partial charge in [-0.1, -0.05) is 19.9 Å². The lowest BCUT2D eigenvalue weighted by Crippen LogP contribution is -2.36. The van der Waals surface area contributed by atoms with Crippen LogP contribution in [-0.2, 0) is 9.59 Å². The van der Waals surface area contributed by atoms with Gasteiger partial charge in [0.05, 0.1) is 0 Å². The molecule has 0 spiro atoms. The Hall–Kier alpha value is -1.64. The smallest absolute Gasteiger partial charge is 0.220 e. The summed E-state index contributed by atoms with van der Waals surface area (Å²) < 4.78 is 0. The molecule has 0 aromatic carbocycles. The van der Waals surface area contributed by atoms with Crippen molar-refractivity contribution in [3.63, 3.8) is 0 Å². The number of fused-ring (bicyclic) bond motifs is 1. The first kappa shape index (κ1) is 9.90. The molecule has 0 radical (unpaired) electrons. The van der Waals surface area contributed by atoms with Crippen LogP contribution in [0.15, 0.2) is 35.6 Å². The van der Waals surface area contributed by atoms with Crippen LogP contribution in [0.2, 0.25) is 0 Å². The summed E-state index contributed by atoms with van der Waals surface area (Å²) in [6.07, 6.45) is 6.02. The molecule has 3 heteroatoms. The lowest BCUT2D eigenvalue weighted by Gasteiger charge is -2.37. The molecule has 0 unspecified atom stereocenters. The van der Waals surface area contributed by atoms with Crippen LogP contribution >= 0.6 is 0 Å². The van der Waals surface area contributed by atoms with Gasteiger partial charge in [0.15, 0.2) is 11.5 Å². The Bertz CT molecular complexity index is 440. The third-order valence-electron chi connectivity index (χ3n) is 3.35. The van der Waals surface area contributed by atoms with E-state index in [0.717, 1.165) is 5.57 Å². The summed E-state index contributed by atoms with van der Waals surface area (Å²) in [6, 6.07) is 0. The second-order valence-corrected chi connectivity index (χ2v) is 4.23. The molecule has 0 bridgehead atoms. The molecule has 0 heterocycles. The van der Waals surface area contributed by atoms with Crippen molar-refractivity contribution in [1.82, 2.24) is 0 Å². The largest absolute Gasteiger partial charge is 0.504 e. The van der Waals surface area contributed by atoms with Crippen LogP contribution in [-0.4, -0.2) is 16.7 Å². The van der Waals surface area contributed by atoms with Crippen molar-refractivity contribution in [3.05, 3.63) is 35.6 Å². The first-order chi connectivity index (χ1) is 6.95. The van der Waals surface area contributed by atoms with Crippen molar-refractivity contribution in [2.75, 3.05) is 0 Å². The maximum atomic E-state index is 11.5. The van der Waals surface area contributed by atoms with Crippen LogP contribution in [0.3, 0.4) is 0 Å². The first-order valence-corrected chi connectivity index (χ1v) is 4.85. The Kier molecular flexibility index (Phi) is 1.93. The molecule has 0 saturated heterocycles. The van der Waals surface area contributed by atoms with Gasteiger partial charge in [0.1, 0.15) is 0 Å². The highest BCUT2D eigenvalue weighted by Gasteiger charge is 2.41. The Morgan fingerprint density at radius 2 is 2.00 bits per heavy atom. The summed E-state index contributed by atoms with van der Waals surface area (Å²) in [4.78, 5) is 22.8. The van der Waals surface area contributed by atoms with Crippen molar-refractivity contribution < 1.29 is 14.7 Å². The number of aliphatic hydroxyl groups is 1. The monoisotopic (exact) mass is 204 g/mol. The second kappa shape index (κ2) is 2.92. The average Bonchev–Trinajstić information content (AvgIpc) is 2.18. The van der Waals surface area contributed by atoms with Gasteiger partial charge in [-0.3, -0.25) is 9.59 Å². The van der Waals surface area contributed by atoms with Crippen LogP contribution < -0.4 is 0 Å². The van der Waals surface area contributed by atoms with Crippen molar-refractivity contribution >= 4 is 11.6 Å².